The van der Waals surface area contributed by atoms with E-state index in [1.54, 1.807) is 17.0 Å². The minimum absolute atomic E-state index is 0.0701. The number of amides is 2. The lowest BCUT2D eigenvalue weighted by molar-refractivity contribution is -0.138. The Morgan fingerprint density at radius 2 is 1.68 bits per heavy atom. The minimum Gasteiger partial charge on any atom is -0.459 e. The van der Waals surface area contributed by atoms with Gasteiger partial charge in [-0.1, -0.05) is 6.92 Å². The van der Waals surface area contributed by atoms with Gasteiger partial charge in [0.1, 0.15) is 0 Å². The van der Waals surface area contributed by atoms with Gasteiger partial charge in [-0.05, 0) is 25.6 Å². The third-order valence-electron chi connectivity index (χ3n) is 5.37. The zero-order valence-electron chi connectivity index (χ0n) is 15.2. The molecule has 7 heteroatoms. The smallest absolute Gasteiger partial charge is 0.289 e. The number of hydrogen-bond acceptors (Lipinski definition) is 5. The summed E-state index contributed by atoms with van der Waals surface area (Å²) in [6.45, 7) is 11.4. The second-order valence-corrected chi connectivity index (χ2v) is 6.74. The van der Waals surface area contributed by atoms with Crippen molar-refractivity contribution < 1.29 is 14.0 Å². The zero-order chi connectivity index (χ0) is 17.8. The van der Waals surface area contributed by atoms with E-state index in [0.29, 0.717) is 31.9 Å². The Morgan fingerprint density at radius 1 is 1.04 bits per heavy atom. The summed E-state index contributed by atoms with van der Waals surface area (Å²) in [6, 6.07) is 3.29. The fourth-order valence-corrected chi connectivity index (χ4v) is 3.57. The van der Waals surface area contributed by atoms with Gasteiger partial charge >= 0.3 is 0 Å². The SMILES string of the molecule is CCN1CCN(C(=O)C(C)N2CCN(C(=O)c3ccco3)CC2)CC1. The maximum absolute atomic E-state index is 12.8. The lowest BCUT2D eigenvalue weighted by Gasteiger charge is -2.40. The van der Waals surface area contributed by atoms with E-state index >= 15 is 0 Å². The predicted molar refractivity (Wildman–Crippen MR) is 94.3 cm³/mol. The third kappa shape index (κ3) is 4.04. The van der Waals surface area contributed by atoms with E-state index in [0.717, 1.165) is 32.7 Å². The van der Waals surface area contributed by atoms with Crippen LogP contribution < -0.4 is 0 Å². The van der Waals surface area contributed by atoms with E-state index in [4.69, 9.17) is 4.42 Å². The summed E-state index contributed by atoms with van der Waals surface area (Å²) < 4.78 is 5.19. The molecule has 2 saturated heterocycles. The van der Waals surface area contributed by atoms with Crippen molar-refractivity contribution in [1.82, 2.24) is 19.6 Å². The van der Waals surface area contributed by atoms with Gasteiger partial charge in [0.25, 0.3) is 5.91 Å². The maximum Gasteiger partial charge on any atom is 0.289 e. The van der Waals surface area contributed by atoms with Crippen LogP contribution in [0.3, 0.4) is 0 Å². The lowest BCUT2D eigenvalue weighted by Crippen LogP contribution is -2.57. The van der Waals surface area contributed by atoms with Crippen LogP contribution >= 0.6 is 0 Å². The monoisotopic (exact) mass is 348 g/mol. The standard InChI is InChI=1S/C18H28N4O3/c1-3-19-6-8-21(9-7-19)17(23)15(2)20-10-12-22(13-11-20)18(24)16-5-4-14-25-16/h4-5,14-15H,3,6-13H2,1-2H3. The highest BCUT2D eigenvalue weighted by Gasteiger charge is 2.31. The lowest BCUT2D eigenvalue weighted by atomic mass is 10.1. The van der Waals surface area contributed by atoms with Gasteiger partial charge in [0, 0.05) is 52.4 Å². The van der Waals surface area contributed by atoms with E-state index in [1.807, 2.05) is 11.8 Å². The van der Waals surface area contributed by atoms with Crippen molar-refractivity contribution in [2.75, 3.05) is 58.9 Å². The van der Waals surface area contributed by atoms with Crippen LogP contribution in [0.15, 0.2) is 22.8 Å². The van der Waals surface area contributed by atoms with E-state index in [-0.39, 0.29) is 17.9 Å². The fraction of sp³-hybridized carbons (Fsp3) is 0.667. The van der Waals surface area contributed by atoms with Crippen LogP contribution in [0.1, 0.15) is 24.4 Å². The van der Waals surface area contributed by atoms with Crippen LogP contribution in [0.5, 0.6) is 0 Å². The first kappa shape index (κ1) is 17.9. The minimum atomic E-state index is -0.131. The van der Waals surface area contributed by atoms with Gasteiger partial charge in [-0.15, -0.1) is 0 Å². The molecule has 0 saturated carbocycles. The fourth-order valence-electron chi connectivity index (χ4n) is 3.57. The molecule has 2 aliphatic rings. The Kier molecular flexibility index (Phi) is 5.75. The Balaban J connectivity index is 1.49. The van der Waals surface area contributed by atoms with Gasteiger partial charge in [-0.25, -0.2) is 0 Å². The number of carbonyl (C=O) groups excluding carboxylic acids is 2. The molecule has 7 nitrogen and oxygen atoms in total. The number of piperazine rings is 2. The van der Waals surface area contributed by atoms with Crippen molar-refractivity contribution in [2.45, 2.75) is 19.9 Å². The van der Waals surface area contributed by atoms with Gasteiger partial charge in [-0.3, -0.25) is 14.5 Å². The van der Waals surface area contributed by atoms with Crippen LogP contribution in [-0.4, -0.2) is 96.4 Å². The second kappa shape index (κ2) is 8.01. The summed E-state index contributed by atoms with van der Waals surface area (Å²) in [5.74, 6) is 0.521. The summed E-state index contributed by atoms with van der Waals surface area (Å²) >= 11 is 0. The van der Waals surface area contributed by atoms with Gasteiger partial charge in [0.05, 0.1) is 12.3 Å². The molecule has 25 heavy (non-hydrogen) atoms. The van der Waals surface area contributed by atoms with Crippen molar-refractivity contribution in [1.29, 1.82) is 0 Å². The van der Waals surface area contributed by atoms with E-state index in [9.17, 15) is 9.59 Å². The number of likely N-dealkylation sites (N-methyl/N-ethyl adjacent to an activating group) is 1. The molecule has 2 aliphatic heterocycles. The predicted octanol–water partition coefficient (Wildman–Crippen LogP) is 0.590. The normalized spacial score (nSPS) is 21.4. The first-order chi connectivity index (χ1) is 12.1. The van der Waals surface area contributed by atoms with Gasteiger partial charge in [0.15, 0.2) is 5.76 Å². The highest BCUT2D eigenvalue weighted by Crippen LogP contribution is 2.13. The molecule has 138 valence electrons. The molecule has 1 aromatic heterocycles. The Morgan fingerprint density at radius 3 is 2.24 bits per heavy atom. The van der Waals surface area contributed by atoms with Crippen LogP contribution in [0.4, 0.5) is 0 Å². The van der Waals surface area contributed by atoms with Gasteiger partial charge in [-0.2, -0.15) is 0 Å². The Bertz CT molecular complexity index is 573. The Hall–Kier alpha value is -1.86. The average molecular weight is 348 g/mol. The van der Waals surface area contributed by atoms with Crippen molar-refractivity contribution >= 4 is 11.8 Å². The summed E-state index contributed by atoms with van der Waals surface area (Å²) in [6.07, 6.45) is 1.52. The van der Waals surface area contributed by atoms with Gasteiger partial charge < -0.3 is 19.1 Å². The summed E-state index contributed by atoms with van der Waals surface area (Å²) in [5, 5.41) is 0. The largest absolute Gasteiger partial charge is 0.459 e. The van der Waals surface area contributed by atoms with Crippen molar-refractivity contribution in [3.63, 3.8) is 0 Å². The third-order valence-corrected chi connectivity index (χ3v) is 5.37. The molecule has 2 fully saturated rings. The molecule has 0 radical (unpaired) electrons. The quantitative estimate of drug-likeness (QED) is 0.797. The molecule has 2 amide bonds. The highest BCUT2D eigenvalue weighted by atomic mass is 16.3. The molecule has 0 N–H and O–H groups in total. The average Bonchev–Trinajstić information content (AvgIpc) is 3.21. The summed E-state index contributed by atoms with van der Waals surface area (Å²) in [4.78, 5) is 33.4. The molecule has 1 unspecified atom stereocenters. The molecule has 0 aromatic carbocycles. The van der Waals surface area contributed by atoms with Crippen LogP contribution in [0, 0.1) is 0 Å². The molecular weight excluding hydrogens is 320 g/mol. The number of carbonyl (C=O) groups is 2. The second-order valence-electron chi connectivity index (χ2n) is 6.74. The molecule has 0 spiro atoms. The van der Waals surface area contributed by atoms with Crippen molar-refractivity contribution in [3.05, 3.63) is 24.2 Å². The molecule has 1 aromatic rings. The first-order valence-electron chi connectivity index (χ1n) is 9.18. The molecule has 0 aliphatic carbocycles. The molecular formula is C18H28N4O3. The topological polar surface area (TPSA) is 60.2 Å². The highest BCUT2D eigenvalue weighted by molar-refractivity contribution is 5.91. The number of furan rings is 1. The summed E-state index contributed by atoms with van der Waals surface area (Å²) in [7, 11) is 0. The first-order valence-corrected chi connectivity index (χ1v) is 9.18. The van der Waals surface area contributed by atoms with E-state index in [1.165, 1.54) is 6.26 Å². The van der Waals surface area contributed by atoms with Crippen LogP contribution in [-0.2, 0) is 4.79 Å². The van der Waals surface area contributed by atoms with Crippen molar-refractivity contribution in [3.8, 4) is 0 Å². The Labute approximate surface area is 149 Å². The molecule has 0 bridgehead atoms. The number of nitrogens with zero attached hydrogens (tertiary/aromatic N) is 4. The van der Waals surface area contributed by atoms with Crippen LogP contribution in [0.25, 0.3) is 0 Å². The zero-order valence-corrected chi connectivity index (χ0v) is 15.2. The maximum atomic E-state index is 12.8. The summed E-state index contributed by atoms with van der Waals surface area (Å²) in [5.41, 5.74) is 0. The van der Waals surface area contributed by atoms with Crippen LogP contribution in [0.2, 0.25) is 0 Å². The number of rotatable bonds is 4. The number of hydrogen-bond donors (Lipinski definition) is 0. The van der Waals surface area contributed by atoms with Crippen molar-refractivity contribution in [2.24, 2.45) is 0 Å². The van der Waals surface area contributed by atoms with E-state index in [2.05, 4.69) is 16.7 Å². The molecule has 3 heterocycles. The molecule has 1 atom stereocenters. The van der Waals surface area contributed by atoms with Gasteiger partial charge in [0.2, 0.25) is 5.91 Å². The molecule has 3 rings (SSSR count). The van der Waals surface area contributed by atoms with E-state index < -0.39 is 0 Å².